The second-order valence-electron chi connectivity index (χ2n) is 15.0. The number of pyridine rings is 1. The van der Waals surface area contributed by atoms with Crippen LogP contribution in [0, 0.1) is 0 Å². The molecule has 6 heteroatoms. The molecule has 0 saturated carbocycles. The summed E-state index contributed by atoms with van der Waals surface area (Å²) in [6, 6.07) is 65.0. The Hall–Kier alpha value is -7.38. The molecule has 4 nitrogen and oxygen atoms in total. The molecule has 8 aromatic carbocycles. The molecular weight excluding hydrogens is 769 g/mol. The summed E-state index contributed by atoms with van der Waals surface area (Å²) in [4.78, 5) is 20.2. The highest BCUT2D eigenvalue weighted by atomic mass is 32.1. The maximum Gasteiger partial charge on any atom is 0.164 e. The first kappa shape index (κ1) is 34.6. The molecule has 0 saturated heterocycles. The standard InChI is InChI=1S/C54H32N4S2/c1-2-11-33(12-3-1)52-56-53(58-54(57-52)45-19-9-17-41-40(16-8-18-42(41)45)36-13-10-26-55-32-36)39-28-37(34-22-24-50-46(30-34)43-14-4-6-20-48(43)59-50)27-38(29-39)35-23-25-51-47(31-35)44-15-5-7-21-49(44)60-51/h1-32H. The Morgan fingerprint density at radius 1 is 0.283 bits per heavy atom. The summed E-state index contributed by atoms with van der Waals surface area (Å²) in [7, 11) is 0. The molecule has 4 heterocycles. The van der Waals surface area contributed by atoms with Crippen LogP contribution in [0.25, 0.3) is 119 Å². The zero-order valence-electron chi connectivity index (χ0n) is 32.1. The Morgan fingerprint density at radius 2 is 0.783 bits per heavy atom. The zero-order valence-corrected chi connectivity index (χ0v) is 33.7. The van der Waals surface area contributed by atoms with Crippen LogP contribution in [-0.4, -0.2) is 19.9 Å². The van der Waals surface area contributed by atoms with Crippen LogP contribution in [0.1, 0.15) is 0 Å². The van der Waals surface area contributed by atoms with Crippen LogP contribution in [0.4, 0.5) is 0 Å². The van der Waals surface area contributed by atoms with Crippen LogP contribution < -0.4 is 0 Å². The van der Waals surface area contributed by atoms with Gasteiger partial charge in [-0.3, -0.25) is 4.98 Å². The zero-order chi connectivity index (χ0) is 39.6. The number of nitrogens with zero attached hydrogens (tertiary/aromatic N) is 4. The summed E-state index contributed by atoms with van der Waals surface area (Å²) >= 11 is 3.68. The van der Waals surface area contributed by atoms with E-state index in [4.69, 9.17) is 15.0 Å². The lowest BCUT2D eigenvalue weighted by molar-refractivity contribution is 1.08. The summed E-state index contributed by atoms with van der Waals surface area (Å²) in [5, 5.41) is 7.27. The third-order valence-electron chi connectivity index (χ3n) is 11.4. The fraction of sp³-hybridized carbons (Fsp3) is 0. The predicted molar refractivity (Wildman–Crippen MR) is 254 cm³/mol. The summed E-state index contributed by atoms with van der Waals surface area (Å²) in [6.07, 6.45) is 3.72. The fourth-order valence-corrected chi connectivity index (χ4v) is 10.7. The van der Waals surface area contributed by atoms with E-state index in [0.717, 1.165) is 60.8 Å². The van der Waals surface area contributed by atoms with Crippen molar-refractivity contribution in [2.45, 2.75) is 0 Å². The van der Waals surface area contributed by atoms with Crippen LogP contribution in [0.2, 0.25) is 0 Å². The molecule has 0 fully saturated rings. The van der Waals surface area contributed by atoms with Crippen LogP contribution in [-0.2, 0) is 0 Å². The van der Waals surface area contributed by atoms with E-state index in [2.05, 4.69) is 163 Å². The highest BCUT2D eigenvalue weighted by Gasteiger charge is 2.18. The van der Waals surface area contributed by atoms with Gasteiger partial charge < -0.3 is 0 Å². The quantitative estimate of drug-likeness (QED) is 0.168. The normalized spacial score (nSPS) is 11.7. The van der Waals surface area contributed by atoms with Crippen LogP contribution in [0.5, 0.6) is 0 Å². The van der Waals surface area contributed by atoms with E-state index < -0.39 is 0 Å². The summed E-state index contributed by atoms with van der Waals surface area (Å²) in [5.41, 5.74) is 9.46. The first-order valence-corrected chi connectivity index (χ1v) is 21.6. The SMILES string of the molecule is c1ccc(-c2nc(-c3cc(-c4ccc5sc6ccccc6c5c4)cc(-c4ccc5sc6ccccc6c5c4)c3)nc(-c3cccc4c(-c5cccnc5)cccc34)n2)cc1. The van der Waals surface area contributed by atoms with E-state index in [1.807, 2.05) is 59.3 Å². The monoisotopic (exact) mass is 800 g/mol. The lowest BCUT2D eigenvalue weighted by Crippen LogP contribution is -2.01. The van der Waals surface area contributed by atoms with Gasteiger partial charge in [-0.25, -0.2) is 15.0 Å². The molecule has 0 aliphatic carbocycles. The third kappa shape index (κ3) is 5.96. The van der Waals surface area contributed by atoms with Gasteiger partial charge in [0.2, 0.25) is 0 Å². The minimum absolute atomic E-state index is 0.617. The number of rotatable bonds is 6. The van der Waals surface area contributed by atoms with E-state index >= 15 is 0 Å². The highest BCUT2D eigenvalue weighted by Crippen LogP contribution is 2.41. The van der Waals surface area contributed by atoms with Gasteiger partial charge in [-0.1, -0.05) is 121 Å². The Morgan fingerprint density at radius 3 is 1.42 bits per heavy atom. The second-order valence-corrected chi connectivity index (χ2v) is 17.2. The highest BCUT2D eigenvalue weighted by molar-refractivity contribution is 7.26. The largest absolute Gasteiger partial charge is 0.264 e. The summed E-state index contributed by atoms with van der Waals surface area (Å²) in [6.45, 7) is 0. The smallest absolute Gasteiger partial charge is 0.164 e. The minimum atomic E-state index is 0.617. The van der Waals surface area contributed by atoms with Gasteiger partial charge in [0.05, 0.1) is 0 Å². The molecule has 60 heavy (non-hydrogen) atoms. The molecule has 0 spiro atoms. The molecule has 0 aliphatic rings. The van der Waals surface area contributed by atoms with Crippen LogP contribution in [0.3, 0.4) is 0 Å². The van der Waals surface area contributed by atoms with Gasteiger partial charge in [-0.2, -0.15) is 0 Å². The second kappa shape index (κ2) is 14.2. The van der Waals surface area contributed by atoms with Crippen molar-refractivity contribution in [3.63, 3.8) is 0 Å². The molecule has 0 amide bonds. The third-order valence-corrected chi connectivity index (χ3v) is 13.7. The number of hydrogen-bond donors (Lipinski definition) is 0. The molecule has 0 radical (unpaired) electrons. The van der Waals surface area contributed by atoms with E-state index in [0.29, 0.717) is 17.5 Å². The molecule has 0 unspecified atom stereocenters. The molecule has 0 aliphatic heterocycles. The Labute approximate surface area is 353 Å². The maximum atomic E-state index is 5.36. The molecule has 0 atom stereocenters. The van der Waals surface area contributed by atoms with Gasteiger partial charge in [-0.05, 0) is 99.3 Å². The molecular formula is C54H32N4S2. The van der Waals surface area contributed by atoms with Crippen molar-refractivity contribution in [1.82, 2.24) is 19.9 Å². The van der Waals surface area contributed by atoms with Crippen molar-refractivity contribution in [3.8, 4) is 67.5 Å². The average Bonchev–Trinajstić information content (AvgIpc) is 3.89. The van der Waals surface area contributed by atoms with Gasteiger partial charge in [0.1, 0.15) is 0 Å². The van der Waals surface area contributed by atoms with Gasteiger partial charge >= 0.3 is 0 Å². The lowest BCUT2D eigenvalue weighted by Gasteiger charge is -2.14. The molecule has 280 valence electrons. The fourth-order valence-electron chi connectivity index (χ4n) is 8.52. The first-order valence-electron chi connectivity index (χ1n) is 19.9. The summed E-state index contributed by atoms with van der Waals surface area (Å²) in [5.74, 6) is 1.86. The number of hydrogen-bond acceptors (Lipinski definition) is 6. The molecule has 0 bridgehead atoms. The Kier molecular flexibility index (Phi) is 8.18. The molecule has 4 aromatic heterocycles. The van der Waals surface area contributed by atoms with Gasteiger partial charge in [0.15, 0.2) is 17.5 Å². The van der Waals surface area contributed by atoms with Crippen molar-refractivity contribution in [2.75, 3.05) is 0 Å². The number of benzene rings is 8. The number of fused-ring (bicyclic) bond motifs is 7. The maximum absolute atomic E-state index is 5.36. The van der Waals surface area contributed by atoms with Gasteiger partial charge in [-0.15, -0.1) is 22.7 Å². The van der Waals surface area contributed by atoms with Crippen molar-refractivity contribution in [2.24, 2.45) is 0 Å². The van der Waals surface area contributed by atoms with Crippen molar-refractivity contribution in [3.05, 3.63) is 194 Å². The lowest BCUT2D eigenvalue weighted by atomic mass is 9.94. The molecule has 0 N–H and O–H groups in total. The Bertz CT molecular complexity index is 3480. The van der Waals surface area contributed by atoms with Crippen LogP contribution in [0.15, 0.2) is 194 Å². The van der Waals surface area contributed by atoms with E-state index in [1.54, 1.807) is 0 Å². The predicted octanol–water partition coefficient (Wildman–Crippen LogP) is 15.2. The topological polar surface area (TPSA) is 51.6 Å². The molecule has 12 rings (SSSR count). The minimum Gasteiger partial charge on any atom is -0.264 e. The first-order chi connectivity index (χ1) is 29.7. The van der Waals surface area contributed by atoms with Crippen molar-refractivity contribution >= 4 is 73.8 Å². The average molecular weight is 801 g/mol. The van der Waals surface area contributed by atoms with Crippen LogP contribution >= 0.6 is 22.7 Å². The van der Waals surface area contributed by atoms with Crippen molar-refractivity contribution in [1.29, 1.82) is 0 Å². The van der Waals surface area contributed by atoms with E-state index in [1.165, 1.54) is 40.3 Å². The molecule has 12 aromatic rings. The number of thiophene rings is 2. The van der Waals surface area contributed by atoms with E-state index in [-0.39, 0.29) is 0 Å². The summed E-state index contributed by atoms with van der Waals surface area (Å²) < 4.78 is 5.15. The van der Waals surface area contributed by atoms with Gasteiger partial charge in [0, 0.05) is 75.0 Å². The Balaban J connectivity index is 1.09. The van der Waals surface area contributed by atoms with Gasteiger partial charge in [0.25, 0.3) is 0 Å². The van der Waals surface area contributed by atoms with E-state index in [9.17, 15) is 0 Å². The van der Waals surface area contributed by atoms with Crippen molar-refractivity contribution < 1.29 is 0 Å². The number of aromatic nitrogens is 4.